The van der Waals surface area contributed by atoms with E-state index < -0.39 is 11.6 Å². The van der Waals surface area contributed by atoms with Gasteiger partial charge in [0.05, 0.1) is 18.2 Å². The number of amides is 1. The number of carbonyl (C=O) groups excluding carboxylic acids is 1. The van der Waals surface area contributed by atoms with E-state index in [0.29, 0.717) is 34.4 Å². The fourth-order valence-electron chi connectivity index (χ4n) is 4.61. The van der Waals surface area contributed by atoms with Crippen molar-refractivity contribution < 1.29 is 14.4 Å². The number of hydrogen-bond donors (Lipinski definition) is 4. The Labute approximate surface area is 229 Å². The van der Waals surface area contributed by atoms with Crippen molar-refractivity contribution >= 4 is 23.4 Å². The van der Waals surface area contributed by atoms with Crippen LogP contribution in [0, 0.1) is 0 Å². The number of aliphatic hydroxyl groups excluding tert-OH is 1. The summed E-state index contributed by atoms with van der Waals surface area (Å²) in [5, 5.41) is 23.8. The lowest BCUT2D eigenvalue weighted by atomic mass is 9.94. The van der Waals surface area contributed by atoms with Gasteiger partial charge in [-0.1, -0.05) is 41.6 Å². The van der Waals surface area contributed by atoms with Crippen molar-refractivity contribution in [3.05, 3.63) is 95.8 Å². The minimum absolute atomic E-state index is 0.0979. The highest BCUT2D eigenvalue weighted by atomic mass is 16.5. The molecule has 0 saturated heterocycles. The summed E-state index contributed by atoms with van der Waals surface area (Å²) < 4.78 is 5.57. The number of carbonyl (C=O) groups is 1. The van der Waals surface area contributed by atoms with E-state index in [1.807, 2.05) is 62.4 Å². The summed E-state index contributed by atoms with van der Waals surface area (Å²) in [7, 11) is 0. The number of nitrogens with one attached hydrogen (secondary N) is 3. The Balaban J connectivity index is 1.36. The van der Waals surface area contributed by atoms with Gasteiger partial charge >= 0.3 is 0 Å². The van der Waals surface area contributed by atoms with Crippen molar-refractivity contribution in [1.82, 2.24) is 30.4 Å². The molecule has 2 aromatic carbocycles. The molecule has 0 spiro atoms. The molecular formula is C29H26N8O3. The third-order valence-corrected chi connectivity index (χ3v) is 6.65. The smallest absolute Gasteiger partial charge is 0.263 e. The number of anilines is 3. The van der Waals surface area contributed by atoms with Crippen molar-refractivity contribution in [3.63, 3.8) is 0 Å². The Kier molecular flexibility index (Phi) is 6.40. The second-order valence-electron chi connectivity index (χ2n) is 9.85. The van der Waals surface area contributed by atoms with Crippen LogP contribution in [-0.4, -0.2) is 42.7 Å². The second-order valence-corrected chi connectivity index (χ2v) is 9.85. The summed E-state index contributed by atoms with van der Waals surface area (Å²) in [5.41, 5.74) is 3.66. The molecule has 5 aromatic rings. The fourth-order valence-corrected chi connectivity index (χ4v) is 4.61. The van der Waals surface area contributed by atoms with Crippen LogP contribution in [0.1, 0.15) is 41.4 Å². The van der Waals surface area contributed by atoms with Gasteiger partial charge in [-0.2, -0.15) is 9.97 Å². The SMILES string of the molecule is CC1(C)NC(=O)c2ccc(Nc3ncc(-c4nc(-c5ccccn5)no4)c(N[C@H](CO)c4ccccc4)n3)cc21. The van der Waals surface area contributed by atoms with E-state index in [-0.39, 0.29) is 18.4 Å². The van der Waals surface area contributed by atoms with Crippen molar-refractivity contribution in [2.24, 2.45) is 0 Å². The van der Waals surface area contributed by atoms with Gasteiger partial charge in [0.15, 0.2) is 0 Å². The Morgan fingerprint density at radius 2 is 1.82 bits per heavy atom. The molecule has 40 heavy (non-hydrogen) atoms. The second kappa shape index (κ2) is 10.2. The van der Waals surface area contributed by atoms with E-state index in [0.717, 1.165) is 16.8 Å². The molecule has 0 saturated carbocycles. The highest BCUT2D eigenvalue weighted by Gasteiger charge is 2.35. The number of benzene rings is 2. The quantitative estimate of drug-likeness (QED) is 0.225. The molecule has 6 rings (SSSR count). The summed E-state index contributed by atoms with van der Waals surface area (Å²) in [4.78, 5) is 30.3. The lowest BCUT2D eigenvalue weighted by Crippen LogP contribution is -2.32. The maximum Gasteiger partial charge on any atom is 0.263 e. The van der Waals surface area contributed by atoms with E-state index in [1.165, 1.54) is 0 Å². The zero-order chi connectivity index (χ0) is 27.7. The van der Waals surface area contributed by atoms with E-state index in [4.69, 9.17) is 9.51 Å². The van der Waals surface area contributed by atoms with Gasteiger partial charge in [0.25, 0.3) is 11.8 Å². The minimum atomic E-state index is -0.491. The monoisotopic (exact) mass is 534 g/mol. The molecule has 1 aliphatic rings. The molecule has 3 aromatic heterocycles. The molecular weight excluding hydrogens is 508 g/mol. The third kappa shape index (κ3) is 4.85. The molecule has 4 N–H and O–H groups in total. The maximum absolute atomic E-state index is 12.3. The lowest BCUT2D eigenvalue weighted by Gasteiger charge is -2.20. The molecule has 11 nitrogen and oxygen atoms in total. The van der Waals surface area contributed by atoms with Gasteiger partial charge in [0.2, 0.25) is 11.8 Å². The molecule has 0 bridgehead atoms. The van der Waals surface area contributed by atoms with Crippen molar-refractivity contribution in [2.75, 3.05) is 17.2 Å². The van der Waals surface area contributed by atoms with Crippen molar-refractivity contribution in [2.45, 2.75) is 25.4 Å². The molecule has 1 aliphatic heterocycles. The standard InChI is InChI=1S/C29H26N8O3/c1-29(2)21-14-18(11-12-19(21)26(39)36-29)32-28-31-15-20(27-34-25(37-40-27)22-10-6-7-13-30-22)24(35-28)33-23(16-38)17-8-4-3-5-9-17/h3-15,23,38H,16H2,1-2H3,(H,36,39)(H2,31,32,33,35)/t23-/m1/s1. The molecule has 0 radical (unpaired) electrons. The van der Waals surface area contributed by atoms with Gasteiger partial charge in [-0.25, -0.2) is 4.98 Å². The predicted octanol–water partition coefficient (Wildman–Crippen LogP) is 4.46. The molecule has 1 amide bonds. The van der Waals surface area contributed by atoms with Gasteiger partial charge in [-0.15, -0.1) is 0 Å². The first-order valence-electron chi connectivity index (χ1n) is 12.7. The Morgan fingerprint density at radius 3 is 2.60 bits per heavy atom. The summed E-state index contributed by atoms with van der Waals surface area (Å²) >= 11 is 0. The van der Waals surface area contributed by atoms with Crippen molar-refractivity contribution in [3.8, 4) is 23.0 Å². The first-order chi connectivity index (χ1) is 19.4. The Morgan fingerprint density at radius 1 is 1.00 bits per heavy atom. The molecule has 200 valence electrons. The summed E-state index contributed by atoms with van der Waals surface area (Å²) in [6.45, 7) is 3.73. The predicted molar refractivity (Wildman–Crippen MR) is 149 cm³/mol. The van der Waals surface area contributed by atoms with E-state index >= 15 is 0 Å². The van der Waals surface area contributed by atoms with Crippen LogP contribution < -0.4 is 16.0 Å². The molecule has 4 heterocycles. The highest BCUT2D eigenvalue weighted by molar-refractivity contribution is 6.00. The van der Waals surface area contributed by atoms with Gasteiger partial charge < -0.3 is 25.6 Å². The van der Waals surface area contributed by atoms with Crippen molar-refractivity contribution in [1.29, 1.82) is 0 Å². The fraction of sp³-hybridized carbons (Fsp3) is 0.172. The minimum Gasteiger partial charge on any atom is -0.394 e. The van der Waals surface area contributed by atoms with Crippen LogP contribution in [0.4, 0.5) is 17.5 Å². The van der Waals surface area contributed by atoms with Gasteiger partial charge in [-0.05, 0) is 55.3 Å². The van der Waals surface area contributed by atoms with Gasteiger partial charge in [0.1, 0.15) is 17.1 Å². The average Bonchev–Trinajstić information content (AvgIpc) is 3.55. The van der Waals surface area contributed by atoms with Crippen LogP contribution in [0.3, 0.4) is 0 Å². The topological polar surface area (TPSA) is 151 Å². The third-order valence-electron chi connectivity index (χ3n) is 6.65. The van der Waals surface area contributed by atoms with Crippen LogP contribution in [0.25, 0.3) is 23.0 Å². The summed E-state index contributed by atoms with van der Waals surface area (Å²) in [6.07, 6.45) is 3.23. The number of nitrogens with zero attached hydrogens (tertiary/aromatic N) is 5. The summed E-state index contributed by atoms with van der Waals surface area (Å²) in [5.74, 6) is 1.11. The number of pyridine rings is 1. The van der Waals surface area contributed by atoms with Gasteiger partial charge in [0, 0.05) is 23.6 Å². The number of aliphatic hydroxyl groups is 1. The molecule has 0 unspecified atom stereocenters. The lowest BCUT2D eigenvalue weighted by molar-refractivity contribution is 0.0940. The van der Waals surface area contributed by atoms with Crippen LogP contribution in [-0.2, 0) is 5.54 Å². The summed E-state index contributed by atoms with van der Waals surface area (Å²) in [6, 6.07) is 20.0. The average molecular weight is 535 g/mol. The van der Waals surface area contributed by atoms with Crippen LogP contribution in [0.15, 0.2) is 83.6 Å². The maximum atomic E-state index is 12.3. The van der Waals surface area contributed by atoms with E-state index in [1.54, 1.807) is 30.6 Å². The first-order valence-corrected chi connectivity index (χ1v) is 12.7. The van der Waals surface area contributed by atoms with E-state index in [2.05, 4.69) is 36.1 Å². The normalized spacial score (nSPS) is 14.3. The van der Waals surface area contributed by atoms with E-state index in [9.17, 15) is 9.90 Å². The zero-order valence-corrected chi connectivity index (χ0v) is 21.8. The number of rotatable bonds is 8. The number of hydrogen-bond acceptors (Lipinski definition) is 10. The Bertz CT molecular complexity index is 1670. The van der Waals surface area contributed by atoms with Crippen LogP contribution in [0.2, 0.25) is 0 Å². The van der Waals surface area contributed by atoms with Crippen LogP contribution >= 0.6 is 0 Å². The zero-order valence-electron chi connectivity index (χ0n) is 21.8. The number of aromatic nitrogens is 5. The number of fused-ring (bicyclic) bond motifs is 1. The largest absolute Gasteiger partial charge is 0.394 e. The molecule has 0 aliphatic carbocycles. The van der Waals surface area contributed by atoms with Gasteiger partial charge in [-0.3, -0.25) is 9.78 Å². The first kappa shape index (κ1) is 25.1. The molecule has 0 fully saturated rings. The Hall–Kier alpha value is -5.16. The van der Waals surface area contributed by atoms with Crippen LogP contribution in [0.5, 0.6) is 0 Å². The highest BCUT2D eigenvalue weighted by Crippen LogP contribution is 2.34. The molecule has 1 atom stereocenters. The molecule has 11 heteroatoms.